The highest BCUT2D eigenvalue weighted by atomic mass is 16.7. The summed E-state index contributed by atoms with van der Waals surface area (Å²) in [7, 11) is 0. The van der Waals surface area contributed by atoms with E-state index in [1.165, 1.54) is 43.5 Å². The van der Waals surface area contributed by atoms with Gasteiger partial charge < -0.3 is 9.47 Å². The number of benzene rings is 1. The Morgan fingerprint density at radius 3 is 2.45 bits per heavy atom. The molecule has 1 aromatic carbocycles. The highest BCUT2D eigenvalue weighted by molar-refractivity contribution is 5.64. The summed E-state index contributed by atoms with van der Waals surface area (Å²) in [5.41, 5.74) is -0.0400. The number of hydrogen-bond donors (Lipinski definition) is 0. The van der Waals surface area contributed by atoms with E-state index in [0.717, 1.165) is 19.3 Å². The molecule has 0 N–H and O–H groups in total. The molecule has 0 radical (unpaired) electrons. The number of non-ortho nitro benzene ring substituents is 1. The number of nitro benzene ring substituents is 1. The fraction of sp³-hybridized carbons (Fsp3) is 0.562. The van der Waals surface area contributed by atoms with E-state index in [9.17, 15) is 14.9 Å². The van der Waals surface area contributed by atoms with Crippen LogP contribution in [0.4, 0.5) is 10.5 Å². The van der Waals surface area contributed by atoms with E-state index in [0.29, 0.717) is 11.8 Å². The monoisotopic (exact) mass is 305 g/mol. The van der Waals surface area contributed by atoms with Crippen LogP contribution in [0.1, 0.15) is 38.5 Å². The third kappa shape index (κ3) is 3.21. The Morgan fingerprint density at radius 2 is 1.77 bits per heavy atom. The Morgan fingerprint density at radius 1 is 1.09 bits per heavy atom. The van der Waals surface area contributed by atoms with Crippen LogP contribution >= 0.6 is 0 Å². The molecule has 6 heteroatoms. The SMILES string of the molecule is O=C(Oc1ccc([N+](=O)[O-])cc1)O[C@H]1CCC[C@H]2CCC[C@H]21. The smallest absolute Gasteiger partial charge is 0.430 e. The van der Waals surface area contributed by atoms with Crippen molar-refractivity contribution < 1.29 is 19.2 Å². The van der Waals surface area contributed by atoms with E-state index >= 15 is 0 Å². The second-order valence-electron chi connectivity index (χ2n) is 6.05. The van der Waals surface area contributed by atoms with Crippen LogP contribution in [0.3, 0.4) is 0 Å². The average Bonchev–Trinajstić information content (AvgIpc) is 2.97. The lowest BCUT2D eigenvalue weighted by Gasteiger charge is -2.32. The van der Waals surface area contributed by atoms with E-state index in [1.807, 2.05) is 0 Å². The zero-order valence-electron chi connectivity index (χ0n) is 12.3. The molecule has 1 aromatic rings. The molecule has 118 valence electrons. The maximum absolute atomic E-state index is 11.9. The predicted octanol–water partition coefficient (Wildman–Crippen LogP) is 4.08. The molecule has 0 amide bonds. The largest absolute Gasteiger partial charge is 0.514 e. The molecule has 2 fully saturated rings. The molecule has 0 aliphatic heterocycles. The molecular formula is C16H19NO5. The summed E-state index contributed by atoms with van der Waals surface area (Å²) in [6, 6.07) is 5.41. The van der Waals surface area contributed by atoms with Crippen molar-refractivity contribution in [3.8, 4) is 5.75 Å². The number of ether oxygens (including phenoxy) is 2. The Labute approximate surface area is 128 Å². The van der Waals surface area contributed by atoms with E-state index < -0.39 is 11.1 Å². The van der Waals surface area contributed by atoms with Gasteiger partial charge in [-0.25, -0.2) is 4.79 Å². The summed E-state index contributed by atoms with van der Waals surface area (Å²) >= 11 is 0. The molecule has 6 nitrogen and oxygen atoms in total. The van der Waals surface area contributed by atoms with Gasteiger partial charge in [-0.1, -0.05) is 12.8 Å². The van der Waals surface area contributed by atoms with Gasteiger partial charge in [-0.3, -0.25) is 10.1 Å². The minimum absolute atomic E-state index is 0.0400. The zero-order chi connectivity index (χ0) is 15.5. The fourth-order valence-electron chi connectivity index (χ4n) is 3.73. The first-order valence-electron chi connectivity index (χ1n) is 7.76. The molecule has 0 bridgehead atoms. The maximum Gasteiger partial charge on any atom is 0.514 e. The minimum atomic E-state index is -0.716. The van der Waals surface area contributed by atoms with Crippen LogP contribution < -0.4 is 4.74 Å². The summed E-state index contributed by atoms with van der Waals surface area (Å²) in [5, 5.41) is 10.6. The van der Waals surface area contributed by atoms with E-state index in [1.54, 1.807) is 0 Å². The highest BCUT2D eigenvalue weighted by Gasteiger charge is 2.38. The molecule has 0 saturated heterocycles. The van der Waals surface area contributed by atoms with Gasteiger partial charge in [0, 0.05) is 12.1 Å². The Kier molecular flexibility index (Phi) is 4.27. The quantitative estimate of drug-likeness (QED) is 0.364. The summed E-state index contributed by atoms with van der Waals surface area (Å²) in [6.07, 6.45) is 6.04. The van der Waals surface area contributed by atoms with Crippen LogP contribution in [0.25, 0.3) is 0 Å². The van der Waals surface area contributed by atoms with Gasteiger partial charge >= 0.3 is 6.16 Å². The maximum atomic E-state index is 11.9. The van der Waals surface area contributed by atoms with Crippen LogP contribution in [0.5, 0.6) is 5.75 Å². The molecule has 3 rings (SSSR count). The second kappa shape index (κ2) is 6.34. The molecule has 0 spiro atoms. The summed E-state index contributed by atoms with van der Waals surface area (Å²) in [5.74, 6) is 1.42. The molecule has 0 aromatic heterocycles. The van der Waals surface area contributed by atoms with Crippen molar-refractivity contribution in [2.75, 3.05) is 0 Å². The summed E-state index contributed by atoms with van der Waals surface area (Å²) in [6.45, 7) is 0. The van der Waals surface area contributed by atoms with E-state index in [-0.39, 0.29) is 17.5 Å². The average molecular weight is 305 g/mol. The van der Waals surface area contributed by atoms with Crippen LogP contribution in [-0.2, 0) is 4.74 Å². The molecule has 0 heterocycles. The van der Waals surface area contributed by atoms with Crippen molar-refractivity contribution in [3.63, 3.8) is 0 Å². The van der Waals surface area contributed by atoms with Crippen molar-refractivity contribution in [1.29, 1.82) is 0 Å². The van der Waals surface area contributed by atoms with Gasteiger partial charge in [0.2, 0.25) is 0 Å². The number of fused-ring (bicyclic) bond motifs is 1. The van der Waals surface area contributed by atoms with Gasteiger partial charge in [-0.2, -0.15) is 0 Å². The Balaban J connectivity index is 1.56. The van der Waals surface area contributed by atoms with Gasteiger partial charge in [0.15, 0.2) is 0 Å². The molecule has 0 unspecified atom stereocenters. The molecule has 2 aliphatic rings. The number of carbonyl (C=O) groups excluding carboxylic acids is 1. The zero-order valence-corrected chi connectivity index (χ0v) is 12.3. The van der Waals surface area contributed by atoms with Crippen LogP contribution in [-0.4, -0.2) is 17.2 Å². The van der Waals surface area contributed by atoms with Crippen LogP contribution in [0.15, 0.2) is 24.3 Å². The van der Waals surface area contributed by atoms with Crippen molar-refractivity contribution in [1.82, 2.24) is 0 Å². The normalized spacial score (nSPS) is 27.0. The first-order valence-corrected chi connectivity index (χ1v) is 7.76. The number of rotatable bonds is 3. The molecule has 22 heavy (non-hydrogen) atoms. The lowest BCUT2D eigenvalue weighted by atomic mass is 9.79. The summed E-state index contributed by atoms with van der Waals surface area (Å²) in [4.78, 5) is 22.0. The van der Waals surface area contributed by atoms with Crippen molar-refractivity contribution >= 4 is 11.8 Å². The first kappa shape index (κ1) is 14.8. The predicted molar refractivity (Wildman–Crippen MR) is 78.7 cm³/mol. The van der Waals surface area contributed by atoms with E-state index in [2.05, 4.69) is 0 Å². The Bertz CT molecular complexity index is 556. The third-order valence-electron chi connectivity index (χ3n) is 4.76. The molecule has 2 saturated carbocycles. The topological polar surface area (TPSA) is 78.7 Å². The highest BCUT2D eigenvalue weighted by Crippen LogP contribution is 2.43. The van der Waals surface area contributed by atoms with E-state index in [4.69, 9.17) is 9.47 Å². The first-order chi connectivity index (χ1) is 10.6. The van der Waals surface area contributed by atoms with Gasteiger partial charge in [0.1, 0.15) is 11.9 Å². The number of nitrogens with zero attached hydrogens (tertiary/aromatic N) is 1. The lowest BCUT2D eigenvalue weighted by molar-refractivity contribution is -0.384. The molecule has 3 atom stereocenters. The van der Waals surface area contributed by atoms with Gasteiger partial charge in [-0.05, 0) is 49.7 Å². The number of carbonyl (C=O) groups is 1. The minimum Gasteiger partial charge on any atom is -0.430 e. The second-order valence-corrected chi connectivity index (χ2v) is 6.05. The third-order valence-corrected chi connectivity index (χ3v) is 4.76. The number of nitro groups is 1. The van der Waals surface area contributed by atoms with Crippen molar-refractivity contribution in [2.45, 2.75) is 44.6 Å². The standard InChI is InChI=1S/C16H19NO5/c18-16(21-13-9-7-12(8-10-13)17(19)20)22-15-6-2-4-11-3-1-5-14(11)15/h7-11,14-15H,1-6H2/t11-,14-,15+/m1/s1. The van der Waals surface area contributed by atoms with Crippen molar-refractivity contribution in [3.05, 3.63) is 34.4 Å². The van der Waals surface area contributed by atoms with Crippen LogP contribution in [0.2, 0.25) is 0 Å². The van der Waals surface area contributed by atoms with Gasteiger partial charge in [0.25, 0.3) is 5.69 Å². The molecule has 2 aliphatic carbocycles. The molecular weight excluding hydrogens is 286 g/mol. The lowest BCUT2D eigenvalue weighted by Crippen LogP contribution is -2.33. The van der Waals surface area contributed by atoms with Crippen LogP contribution in [0, 0.1) is 22.0 Å². The number of hydrogen-bond acceptors (Lipinski definition) is 5. The van der Waals surface area contributed by atoms with Gasteiger partial charge in [0.05, 0.1) is 4.92 Å². The summed E-state index contributed by atoms with van der Waals surface area (Å²) < 4.78 is 10.6. The Hall–Kier alpha value is -2.11. The fourth-order valence-corrected chi connectivity index (χ4v) is 3.73. The van der Waals surface area contributed by atoms with Crippen molar-refractivity contribution in [2.24, 2.45) is 11.8 Å². The van der Waals surface area contributed by atoms with Gasteiger partial charge in [-0.15, -0.1) is 0 Å².